The zero-order chi connectivity index (χ0) is 14.2. The SMILES string of the molecule is CC(C)C1CN(c2ncc([N+](=O)[O-])cn2)C1C(C)C. The van der Waals surface area contributed by atoms with E-state index in [2.05, 4.69) is 42.6 Å². The highest BCUT2D eigenvalue weighted by molar-refractivity contribution is 5.39. The van der Waals surface area contributed by atoms with E-state index in [4.69, 9.17) is 0 Å². The summed E-state index contributed by atoms with van der Waals surface area (Å²) in [6, 6.07) is 0.418. The molecule has 0 spiro atoms. The van der Waals surface area contributed by atoms with Crippen LogP contribution in [0, 0.1) is 27.9 Å². The summed E-state index contributed by atoms with van der Waals surface area (Å²) in [5, 5.41) is 10.6. The van der Waals surface area contributed by atoms with E-state index in [0.717, 1.165) is 6.54 Å². The fraction of sp³-hybridized carbons (Fsp3) is 0.692. The average Bonchev–Trinajstić information content (AvgIpc) is 2.26. The smallest absolute Gasteiger partial charge is 0.305 e. The molecule has 19 heavy (non-hydrogen) atoms. The molecule has 1 aliphatic heterocycles. The average molecular weight is 264 g/mol. The van der Waals surface area contributed by atoms with Gasteiger partial charge < -0.3 is 4.90 Å². The molecule has 2 atom stereocenters. The van der Waals surface area contributed by atoms with E-state index in [0.29, 0.717) is 29.7 Å². The van der Waals surface area contributed by atoms with Gasteiger partial charge in [-0.2, -0.15) is 0 Å². The lowest BCUT2D eigenvalue weighted by Crippen LogP contribution is -2.61. The number of aromatic nitrogens is 2. The van der Waals surface area contributed by atoms with Gasteiger partial charge in [0.05, 0.1) is 4.92 Å². The van der Waals surface area contributed by atoms with Crippen LogP contribution in [-0.2, 0) is 0 Å². The van der Waals surface area contributed by atoms with Crippen LogP contribution in [0.15, 0.2) is 12.4 Å². The molecule has 0 N–H and O–H groups in total. The molecule has 0 aromatic carbocycles. The van der Waals surface area contributed by atoms with E-state index < -0.39 is 4.92 Å². The Balaban J connectivity index is 2.16. The lowest BCUT2D eigenvalue weighted by atomic mass is 9.75. The van der Waals surface area contributed by atoms with Gasteiger partial charge in [-0.3, -0.25) is 10.1 Å². The van der Waals surface area contributed by atoms with Gasteiger partial charge in [-0.05, 0) is 17.8 Å². The summed E-state index contributed by atoms with van der Waals surface area (Å²) in [4.78, 5) is 20.5. The maximum Gasteiger partial charge on any atom is 0.305 e. The molecule has 0 saturated carbocycles. The molecule has 0 radical (unpaired) electrons. The van der Waals surface area contributed by atoms with Crippen LogP contribution in [0.5, 0.6) is 0 Å². The van der Waals surface area contributed by atoms with Gasteiger partial charge in [0.1, 0.15) is 12.4 Å². The largest absolute Gasteiger partial charge is 0.337 e. The second-order valence-electron chi connectivity index (χ2n) is 5.79. The fourth-order valence-electron chi connectivity index (χ4n) is 2.78. The molecular formula is C13H20N4O2. The Morgan fingerprint density at radius 3 is 2.26 bits per heavy atom. The van der Waals surface area contributed by atoms with Crippen LogP contribution in [0.3, 0.4) is 0 Å². The first-order valence-electron chi connectivity index (χ1n) is 6.65. The predicted octanol–water partition coefficient (Wildman–Crippen LogP) is 2.50. The Morgan fingerprint density at radius 1 is 1.26 bits per heavy atom. The van der Waals surface area contributed by atoms with E-state index >= 15 is 0 Å². The third-order valence-electron chi connectivity index (χ3n) is 3.84. The van der Waals surface area contributed by atoms with Gasteiger partial charge in [0, 0.05) is 12.6 Å². The first-order chi connectivity index (χ1) is 8.91. The number of hydrogen-bond donors (Lipinski definition) is 0. The highest BCUT2D eigenvalue weighted by Crippen LogP contribution is 2.37. The highest BCUT2D eigenvalue weighted by Gasteiger charge is 2.43. The predicted molar refractivity (Wildman–Crippen MR) is 73.0 cm³/mol. The first kappa shape index (κ1) is 13.7. The summed E-state index contributed by atoms with van der Waals surface area (Å²) in [6.07, 6.45) is 2.56. The minimum atomic E-state index is -0.475. The van der Waals surface area contributed by atoms with Crippen molar-refractivity contribution in [3.63, 3.8) is 0 Å². The summed E-state index contributed by atoms with van der Waals surface area (Å²) in [7, 11) is 0. The number of nitrogens with zero attached hydrogens (tertiary/aromatic N) is 4. The lowest BCUT2D eigenvalue weighted by molar-refractivity contribution is -0.385. The van der Waals surface area contributed by atoms with E-state index in [-0.39, 0.29) is 5.69 Å². The van der Waals surface area contributed by atoms with Crippen molar-refractivity contribution in [3.8, 4) is 0 Å². The molecule has 6 heteroatoms. The Hall–Kier alpha value is -1.72. The van der Waals surface area contributed by atoms with Crippen LogP contribution in [0.1, 0.15) is 27.7 Å². The van der Waals surface area contributed by atoms with Crippen molar-refractivity contribution >= 4 is 11.6 Å². The maximum absolute atomic E-state index is 10.6. The van der Waals surface area contributed by atoms with Crippen molar-refractivity contribution in [2.24, 2.45) is 17.8 Å². The third-order valence-corrected chi connectivity index (χ3v) is 3.84. The van der Waals surface area contributed by atoms with Gasteiger partial charge in [-0.1, -0.05) is 27.7 Å². The summed E-state index contributed by atoms with van der Waals surface area (Å²) >= 11 is 0. The first-order valence-corrected chi connectivity index (χ1v) is 6.65. The molecule has 2 rings (SSSR count). The van der Waals surface area contributed by atoms with Crippen LogP contribution >= 0.6 is 0 Å². The molecule has 0 aliphatic carbocycles. The minimum Gasteiger partial charge on any atom is -0.337 e. The molecule has 104 valence electrons. The van der Waals surface area contributed by atoms with Crippen LogP contribution in [0.2, 0.25) is 0 Å². The Bertz CT molecular complexity index is 458. The zero-order valence-corrected chi connectivity index (χ0v) is 11.8. The molecule has 1 aliphatic rings. The zero-order valence-electron chi connectivity index (χ0n) is 11.8. The quantitative estimate of drug-likeness (QED) is 0.617. The van der Waals surface area contributed by atoms with Gasteiger partial charge >= 0.3 is 5.69 Å². The van der Waals surface area contributed by atoms with Crippen molar-refractivity contribution in [2.75, 3.05) is 11.4 Å². The topological polar surface area (TPSA) is 72.2 Å². The van der Waals surface area contributed by atoms with Gasteiger partial charge in [0.25, 0.3) is 0 Å². The summed E-state index contributed by atoms with van der Waals surface area (Å²) in [5.74, 6) is 2.38. The van der Waals surface area contributed by atoms with Crippen molar-refractivity contribution in [3.05, 3.63) is 22.5 Å². The van der Waals surface area contributed by atoms with E-state index in [1.54, 1.807) is 0 Å². The normalized spacial score (nSPS) is 22.7. The minimum absolute atomic E-state index is 0.0641. The Labute approximate surface area is 113 Å². The second-order valence-corrected chi connectivity index (χ2v) is 5.79. The highest BCUT2D eigenvalue weighted by atomic mass is 16.6. The molecule has 1 aromatic rings. The van der Waals surface area contributed by atoms with Gasteiger partial charge in [0.15, 0.2) is 0 Å². The Morgan fingerprint density at radius 2 is 1.84 bits per heavy atom. The molecule has 6 nitrogen and oxygen atoms in total. The van der Waals surface area contributed by atoms with Crippen molar-refractivity contribution < 1.29 is 4.92 Å². The molecule has 0 amide bonds. The summed E-state index contributed by atoms with van der Waals surface area (Å²) in [5.41, 5.74) is -0.0641. The number of rotatable bonds is 4. The molecule has 1 fully saturated rings. The van der Waals surface area contributed by atoms with E-state index in [1.165, 1.54) is 12.4 Å². The van der Waals surface area contributed by atoms with Gasteiger partial charge in [0.2, 0.25) is 5.95 Å². The number of anilines is 1. The third kappa shape index (κ3) is 2.52. The monoisotopic (exact) mass is 264 g/mol. The molecule has 1 aromatic heterocycles. The molecule has 0 bridgehead atoms. The van der Waals surface area contributed by atoms with Gasteiger partial charge in [-0.15, -0.1) is 0 Å². The molecule has 2 unspecified atom stereocenters. The van der Waals surface area contributed by atoms with Crippen molar-refractivity contribution in [2.45, 2.75) is 33.7 Å². The van der Waals surface area contributed by atoms with Crippen LogP contribution < -0.4 is 4.90 Å². The van der Waals surface area contributed by atoms with E-state index in [9.17, 15) is 10.1 Å². The van der Waals surface area contributed by atoms with Crippen molar-refractivity contribution in [1.82, 2.24) is 9.97 Å². The number of hydrogen-bond acceptors (Lipinski definition) is 5. The molecule has 2 heterocycles. The molecular weight excluding hydrogens is 244 g/mol. The molecule has 1 saturated heterocycles. The summed E-state index contributed by atoms with van der Waals surface area (Å²) in [6.45, 7) is 9.77. The second kappa shape index (κ2) is 5.11. The van der Waals surface area contributed by atoms with Gasteiger partial charge in [-0.25, -0.2) is 9.97 Å². The van der Waals surface area contributed by atoms with Crippen LogP contribution in [0.25, 0.3) is 0 Å². The maximum atomic E-state index is 10.6. The standard InChI is InChI=1S/C13H20N4O2/c1-8(2)11-7-16(12(11)9(3)4)13-14-5-10(6-15-13)17(18)19/h5-6,8-9,11-12H,7H2,1-4H3. The van der Waals surface area contributed by atoms with Crippen LogP contribution in [-0.4, -0.2) is 27.5 Å². The van der Waals surface area contributed by atoms with Crippen LogP contribution in [0.4, 0.5) is 11.6 Å². The number of nitro groups is 1. The fourth-order valence-corrected chi connectivity index (χ4v) is 2.78. The lowest BCUT2D eigenvalue weighted by Gasteiger charge is -2.52. The van der Waals surface area contributed by atoms with Crippen molar-refractivity contribution in [1.29, 1.82) is 0 Å². The van der Waals surface area contributed by atoms with E-state index in [1.807, 2.05) is 0 Å². The summed E-state index contributed by atoms with van der Waals surface area (Å²) < 4.78 is 0. The Kier molecular flexibility index (Phi) is 3.68.